The summed E-state index contributed by atoms with van der Waals surface area (Å²) >= 11 is 3.32. The standard InChI is InChI=1S/C14H17BrN2O3/c15-12-6-5-9(16)7-11(12)14(20)17(8-13(18)19)10-3-1-2-4-10/h5-7,10H,1-4,8,16H2,(H,18,19). The number of carbonyl (C=O) groups is 2. The molecule has 0 heterocycles. The van der Waals surface area contributed by atoms with Gasteiger partial charge in [0.1, 0.15) is 6.54 Å². The number of anilines is 1. The average Bonchev–Trinajstić information content (AvgIpc) is 2.91. The van der Waals surface area contributed by atoms with Crippen molar-refractivity contribution in [1.82, 2.24) is 4.90 Å². The lowest BCUT2D eigenvalue weighted by Gasteiger charge is -2.27. The van der Waals surface area contributed by atoms with Crippen molar-refractivity contribution in [3.63, 3.8) is 0 Å². The maximum absolute atomic E-state index is 12.6. The largest absolute Gasteiger partial charge is 0.480 e. The Labute approximate surface area is 125 Å². The summed E-state index contributed by atoms with van der Waals surface area (Å²) in [6.07, 6.45) is 3.79. The fourth-order valence-electron chi connectivity index (χ4n) is 2.59. The number of carbonyl (C=O) groups excluding carboxylic acids is 1. The van der Waals surface area contributed by atoms with Crippen molar-refractivity contribution in [3.8, 4) is 0 Å². The zero-order valence-corrected chi connectivity index (χ0v) is 12.6. The molecule has 108 valence electrons. The summed E-state index contributed by atoms with van der Waals surface area (Å²) in [5.74, 6) is -1.27. The zero-order chi connectivity index (χ0) is 14.7. The summed E-state index contributed by atoms with van der Waals surface area (Å²) in [6, 6.07) is 4.98. The summed E-state index contributed by atoms with van der Waals surface area (Å²) in [5.41, 5.74) is 6.61. The van der Waals surface area contributed by atoms with Gasteiger partial charge in [0.15, 0.2) is 0 Å². The van der Waals surface area contributed by atoms with Gasteiger partial charge in [-0.3, -0.25) is 9.59 Å². The van der Waals surface area contributed by atoms with Gasteiger partial charge < -0.3 is 15.7 Å². The third-order valence-corrected chi connectivity index (χ3v) is 4.24. The lowest BCUT2D eigenvalue weighted by Crippen LogP contribution is -2.42. The molecule has 1 aliphatic carbocycles. The molecule has 1 aromatic carbocycles. The van der Waals surface area contributed by atoms with Crippen molar-refractivity contribution in [2.24, 2.45) is 0 Å². The van der Waals surface area contributed by atoms with Crippen LogP contribution in [-0.4, -0.2) is 34.5 Å². The molecule has 20 heavy (non-hydrogen) atoms. The summed E-state index contributed by atoms with van der Waals surface area (Å²) in [7, 11) is 0. The Kier molecular flexibility index (Phi) is 4.65. The molecule has 1 aromatic rings. The molecule has 0 atom stereocenters. The number of amides is 1. The van der Waals surface area contributed by atoms with Gasteiger partial charge in [-0.2, -0.15) is 0 Å². The third-order valence-electron chi connectivity index (χ3n) is 3.55. The summed E-state index contributed by atoms with van der Waals surface area (Å²) in [6.45, 7) is -0.273. The predicted molar refractivity (Wildman–Crippen MR) is 79.5 cm³/mol. The Morgan fingerprint density at radius 2 is 2.00 bits per heavy atom. The summed E-state index contributed by atoms with van der Waals surface area (Å²) in [5, 5.41) is 9.03. The molecular weight excluding hydrogens is 324 g/mol. The normalized spacial score (nSPS) is 15.2. The number of carboxylic acid groups (broad SMARTS) is 1. The van der Waals surface area contributed by atoms with Crippen molar-refractivity contribution in [3.05, 3.63) is 28.2 Å². The molecule has 0 bridgehead atoms. The van der Waals surface area contributed by atoms with Gasteiger partial charge in [0.05, 0.1) is 5.56 Å². The molecule has 1 amide bonds. The minimum absolute atomic E-state index is 0.00642. The van der Waals surface area contributed by atoms with Crippen molar-refractivity contribution < 1.29 is 14.7 Å². The van der Waals surface area contributed by atoms with Crippen LogP contribution in [0.1, 0.15) is 36.0 Å². The number of halogens is 1. The van der Waals surface area contributed by atoms with Gasteiger partial charge in [-0.15, -0.1) is 0 Å². The fourth-order valence-corrected chi connectivity index (χ4v) is 3.01. The first kappa shape index (κ1) is 14.8. The molecule has 1 saturated carbocycles. The van der Waals surface area contributed by atoms with E-state index in [1.807, 2.05) is 0 Å². The van der Waals surface area contributed by atoms with E-state index in [0.717, 1.165) is 25.7 Å². The molecule has 0 spiro atoms. The van der Waals surface area contributed by atoms with E-state index in [9.17, 15) is 9.59 Å². The number of hydrogen-bond acceptors (Lipinski definition) is 3. The Morgan fingerprint density at radius 1 is 1.35 bits per heavy atom. The van der Waals surface area contributed by atoms with Crippen LogP contribution in [0.5, 0.6) is 0 Å². The molecule has 5 nitrogen and oxygen atoms in total. The summed E-state index contributed by atoms with van der Waals surface area (Å²) in [4.78, 5) is 25.1. The molecular formula is C14H17BrN2O3. The van der Waals surface area contributed by atoms with E-state index in [1.165, 1.54) is 4.90 Å². The molecule has 3 N–H and O–H groups in total. The fraction of sp³-hybridized carbons (Fsp3) is 0.429. The number of carboxylic acids is 1. The highest BCUT2D eigenvalue weighted by Gasteiger charge is 2.29. The van der Waals surface area contributed by atoms with E-state index in [1.54, 1.807) is 18.2 Å². The lowest BCUT2D eigenvalue weighted by molar-refractivity contribution is -0.138. The van der Waals surface area contributed by atoms with Crippen LogP contribution >= 0.6 is 15.9 Å². The highest BCUT2D eigenvalue weighted by Crippen LogP contribution is 2.27. The van der Waals surface area contributed by atoms with Crippen LogP contribution in [0.2, 0.25) is 0 Å². The monoisotopic (exact) mass is 340 g/mol. The molecule has 1 aliphatic rings. The smallest absolute Gasteiger partial charge is 0.323 e. The van der Waals surface area contributed by atoms with Gasteiger partial charge in [-0.25, -0.2) is 0 Å². The van der Waals surface area contributed by atoms with Crippen molar-refractivity contribution >= 4 is 33.5 Å². The first-order chi connectivity index (χ1) is 9.49. The maximum atomic E-state index is 12.6. The van der Waals surface area contributed by atoms with Gasteiger partial charge >= 0.3 is 5.97 Å². The van der Waals surface area contributed by atoms with Crippen LogP contribution in [0.15, 0.2) is 22.7 Å². The van der Waals surface area contributed by atoms with Crippen LogP contribution < -0.4 is 5.73 Å². The Morgan fingerprint density at radius 3 is 2.60 bits per heavy atom. The number of rotatable bonds is 4. The zero-order valence-electron chi connectivity index (χ0n) is 11.0. The minimum Gasteiger partial charge on any atom is -0.480 e. The van der Waals surface area contributed by atoms with Gasteiger partial charge in [0.2, 0.25) is 0 Å². The number of hydrogen-bond donors (Lipinski definition) is 2. The van der Waals surface area contributed by atoms with Crippen LogP contribution in [0, 0.1) is 0 Å². The SMILES string of the molecule is Nc1ccc(Br)c(C(=O)N(CC(=O)O)C2CCCC2)c1. The molecule has 0 aromatic heterocycles. The van der Waals surface area contributed by atoms with Gasteiger partial charge in [-0.05, 0) is 47.0 Å². The third kappa shape index (κ3) is 3.30. The molecule has 6 heteroatoms. The number of aliphatic carboxylic acids is 1. The van der Waals surface area contributed by atoms with Gasteiger partial charge in [0, 0.05) is 16.2 Å². The van der Waals surface area contributed by atoms with Crippen LogP contribution in [0.4, 0.5) is 5.69 Å². The van der Waals surface area contributed by atoms with E-state index >= 15 is 0 Å². The van der Waals surface area contributed by atoms with E-state index in [4.69, 9.17) is 10.8 Å². The molecule has 1 fully saturated rings. The molecule has 0 aliphatic heterocycles. The highest BCUT2D eigenvalue weighted by atomic mass is 79.9. The van der Waals surface area contributed by atoms with E-state index in [2.05, 4.69) is 15.9 Å². The molecule has 2 rings (SSSR count). The van der Waals surface area contributed by atoms with E-state index < -0.39 is 5.97 Å². The van der Waals surface area contributed by atoms with E-state index in [0.29, 0.717) is 15.7 Å². The van der Waals surface area contributed by atoms with Gasteiger partial charge in [-0.1, -0.05) is 12.8 Å². The number of nitrogen functional groups attached to an aromatic ring is 1. The van der Waals surface area contributed by atoms with Gasteiger partial charge in [0.25, 0.3) is 5.91 Å². The number of benzene rings is 1. The van der Waals surface area contributed by atoms with Crippen LogP contribution in [0.25, 0.3) is 0 Å². The van der Waals surface area contributed by atoms with Crippen molar-refractivity contribution in [2.75, 3.05) is 12.3 Å². The Bertz CT molecular complexity index is 527. The van der Waals surface area contributed by atoms with Crippen LogP contribution in [0.3, 0.4) is 0 Å². The Balaban J connectivity index is 2.29. The van der Waals surface area contributed by atoms with Crippen LogP contribution in [-0.2, 0) is 4.79 Å². The quantitative estimate of drug-likeness (QED) is 0.825. The lowest BCUT2D eigenvalue weighted by atomic mass is 10.1. The van der Waals surface area contributed by atoms with E-state index in [-0.39, 0.29) is 18.5 Å². The van der Waals surface area contributed by atoms with Crippen molar-refractivity contribution in [2.45, 2.75) is 31.7 Å². The molecule has 0 unspecified atom stereocenters. The summed E-state index contributed by atoms with van der Waals surface area (Å²) < 4.78 is 0.630. The Hall–Kier alpha value is -1.56. The number of nitrogens with two attached hydrogens (primary N) is 1. The second-order valence-corrected chi connectivity index (χ2v) is 5.86. The first-order valence-corrected chi connectivity index (χ1v) is 7.36. The predicted octanol–water partition coefficient (Wildman–Crippen LogP) is 2.50. The average molecular weight is 341 g/mol. The number of nitrogens with zero attached hydrogens (tertiary/aromatic N) is 1. The van der Waals surface area contributed by atoms with Crippen molar-refractivity contribution in [1.29, 1.82) is 0 Å². The second-order valence-electron chi connectivity index (χ2n) is 5.00. The first-order valence-electron chi connectivity index (χ1n) is 6.57. The highest BCUT2D eigenvalue weighted by molar-refractivity contribution is 9.10. The maximum Gasteiger partial charge on any atom is 0.323 e. The molecule has 0 radical (unpaired) electrons. The minimum atomic E-state index is -0.995. The molecule has 0 saturated heterocycles. The second kappa shape index (κ2) is 6.26. The topological polar surface area (TPSA) is 83.6 Å².